The van der Waals surface area contributed by atoms with E-state index in [2.05, 4.69) is 27.0 Å². The van der Waals surface area contributed by atoms with Gasteiger partial charge in [0.1, 0.15) is 0 Å². The first-order valence-corrected chi connectivity index (χ1v) is 8.57. The van der Waals surface area contributed by atoms with Crippen LogP contribution in [0.5, 0.6) is 0 Å². The minimum Gasteiger partial charge on any atom is -0.352 e. The van der Waals surface area contributed by atoms with Crippen molar-refractivity contribution in [1.29, 1.82) is 0 Å². The van der Waals surface area contributed by atoms with Gasteiger partial charge in [-0.15, -0.1) is 5.10 Å². The molecule has 0 unspecified atom stereocenters. The lowest BCUT2D eigenvalue weighted by Crippen LogP contribution is -2.31. The van der Waals surface area contributed by atoms with E-state index in [9.17, 15) is 8.42 Å². The SMILES string of the molecule is C[C@H]1C[C@@H](c2ccccc2)n2nc(NS(C)(=O)=O)nc2N1. The molecule has 8 heteroatoms. The number of sulfonamides is 1. The van der Waals surface area contributed by atoms with E-state index in [-0.39, 0.29) is 18.0 Å². The maximum absolute atomic E-state index is 11.3. The summed E-state index contributed by atoms with van der Waals surface area (Å²) in [6.45, 7) is 2.07. The average molecular weight is 307 g/mol. The molecule has 112 valence electrons. The van der Waals surface area contributed by atoms with Crippen molar-refractivity contribution in [2.75, 3.05) is 16.3 Å². The number of benzene rings is 1. The van der Waals surface area contributed by atoms with Gasteiger partial charge in [-0.3, -0.25) is 4.72 Å². The van der Waals surface area contributed by atoms with Gasteiger partial charge in [-0.2, -0.15) is 4.98 Å². The molecule has 1 aromatic heterocycles. The van der Waals surface area contributed by atoms with Crippen molar-refractivity contribution in [2.45, 2.75) is 25.4 Å². The van der Waals surface area contributed by atoms with Crippen LogP contribution in [0.4, 0.5) is 11.9 Å². The second kappa shape index (κ2) is 5.03. The van der Waals surface area contributed by atoms with Crippen molar-refractivity contribution in [2.24, 2.45) is 0 Å². The highest BCUT2D eigenvalue weighted by Gasteiger charge is 2.28. The number of rotatable bonds is 3. The third-order valence-electron chi connectivity index (χ3n) is 3.34. The van der Waals surface area contributed by atoms with Gasteiger partial charge in [0.2, 0.25) is 16.0 Å². The number of hydrogen-bond donors (Lipinski definition) is 2. The topological polar surface area (TPSA) is 88.9 Å². The number of nitrogens with zero attached hydrogens (tertiary/aromatic N) is 3. The number of fused-ring (bicyclic) bond motifs is 1. The lowest BCUT2D eigenvalue weighted by atomic mass is 9.99. The molecule has 7 nitrogen and oxygen atoms in total. The molecule has 21 heavy (non-hydrogen) atoms. The van der Waals surface area contributed by atoms with Crippen molar-refractivity contribution in [1.82, 2.24) is 14.8 Å². The molecule has 0 saturated carbocycles. The highest BCUT2D eigenvalue weighted by molar-refractivity contribution is 7.91. The van der Waals surface area contributed by atoms with Crippen molar-refractivity contribution >= 4 is 21.9 Å². The molecule has 2 atom stereocenters. The lowest BCUT2D eigenvalue weighted by Gasteiger charge is -2.29. The Hall–Kier alpha value is -2.09. The summed E-state index contributed by atoms with van der Waals surface area (Å²) in [7, 11) is -3.39. The standard InChI is InChI=1S/C13H17N5O2S/c1-9-8-11(10-6-4-3-5-7-10)18-13(14-9)15-12(16-18)17-21(2,19)20/h3-7,9,11H,8H2,1-2H3,(H2,14,15,16,17)/t9-,11-/m0/s1. The van der Waals surface area contributed by atoms with Crippen molar-refractivity contribution in [3.63, 3.8) is 0 Å². The zero-order valence-corrected chi connectivity index (χ0v) is 12.6. The summed E-state index contributed by atoms with van der Waals surface area (Å²) in [5.41, 5.74) is 1.13. The van der Waals surface area contributed by atoms with Crippen molar-refractivity contribution in [3.05, 3.63) is 35.9 Å². The van der Waals surface area contributed by atoms with E-state index in [1.165, 1.54) is 0 Å². The van der Waals surface area contributed by atoms with Gasteiger partial charge in [-0.25, -0.2) is 13.1 Å². The Balaban J connectivity index is 2.00. The zero-order valence-electron chi connectivity index (χ0n) is 11.8. The van der Waals surface area contributed by atoms with Crippen LogP contribution in [-0.4, -0.2) is 35.5 Å². The molecule has 2 aromatic rings. The fraction of sp³-hybridized carbons (Fsp3) is 0.385. The first-order chi connectivity index (χ1) is 9.92. The van der Waals surface area contributed by atoms with Crippen LogP contribution in [0.25, 0.3) is 0 Å². The number of hydrogen-bond acceptors (Lipinski definition) is 5. The highest BCUT2D eigenvalue weighted by atomic mass is 32.2. The van der Waals surface area contributed by atoms with Gasteiger partial charge in [0, 0.05) is 6.04 Å². The molecule has 0 aliphatic carbocycles. The van der Waals surface area contributed by atoms with Crippen LogP contribution in [0, 0.1) is 0 Å². The summed E-state index contributed by atoms with van der Waals surface area (Å²) in [6.07, 6.45) is 1.94. The Labute approximate surface area is 123 Å². The van der Waals surface area contributed by atoms with Crippen LogP contribution in [0.3, 0.4) is 0 Å². The average Bonchev–Trinajstić information content (AvgIpc) is 2.78. The van der Waals surface area contributed by atoms with E-state index in [1.54, 1.807) is 4.68 Å². The molecule has 2 heterocycles. The first kappa shape index (κ1) is 13.9. The summed E-state index contributed by atoms with van der Waals surface area (Å²) < 4.78 is 26.7. The fourth-order valence-electron chi connectivity index (χ4n) is 2.51. The van der Waals surface area contributed by atoms with Gasteiger partial charge < -0.3 is 5.32 Å². The zero-order chi connectivity index (χ0) is 15.0. The first-order valence-electron chi connectivity index (χ1n) is 6.68. The molecule has 0 amide bonds. The van der Waals surface area contributed by atoms with Crippen LogP contribution in [0.15, 0.2) is 30.3 Å². The molecule has 0 spiro atoms. The van der Waals surface area contributed by atoms with Crippen LogP contribution in [0.1, 0.15) is 24.9 Å². The summed E-state index contributed by atoms with van der Waals surface area (Å²) in [4.78, 5) is 4.21. The van der Waals surface area contributed by atoms with E-state index in [0.29, 0.717) is 5.95 Å². The van der Waals surface area contributed by atoms with Crippen LogP contribution in [0.2, 0.25) is 0 Å². The van der Waals surface area contributed by atoms with Gasteiger partial charge >= 0.3 is 0 Å². The maximum Gasteiger partial charge on any atom is 0.257 e. The Bertz CT molecular complexity index is 741. The second-order valence-corrected chi connectivity index (χ2v) is 7.03. The Kier molecular flexibility index (Phi) is 3.32. The summed E-state index contributed by atoms with van der Waals surface area (Å²) in [6, 6.07) is 10.3. The third kappa shape index (κ3) is 2.99. The van der Waals surface area contributed by atoms with Crippen molar-refractivity contribution < 1.29 is 8.42 Å². The van der Waals surface area contributed by atoms with E-state index in [1.807, 2.05) is 30.3 Å². The monoisotopic (exact) mass is 307 g/mol. The molecule has 3 rings (SSSR count). The number of nitrogens with one attached hydrogen (secondary N) is 2. The largest absolute Gasteiger partial charge is 0.352 e. The minimum absolute atomic E-state index is 0.0417. The molecule has 0 saturated heterocycles. The van der Waals surface area contributed by atoms with Crippen LogP contribution >= 0.6 is 0 Å². The van der Waals surface area contributed by atoms with Gasteiger partial charge in [0.25, 0.3) is 5.95 Å². The quantitative estimate of drug-likeness (QED) is 0.896. The fourth-order valence-corrected chi connectivity index (χ4v) is 2.93. The van der Waals surface area contributed by atoms with E-state index in [4.69, 9.17) is 0 Å². The molecule has 1 aliphatic rings. The highest BCUT2D eigenvalue weighted by Crippen LogP contribution is 2.31. The van der Waals surface area contributed by atoms with Crippen LogP contribution in [-0.2, 0) is 10.0 Å². The maximum atomic E-state index is 11.3. The molecule has 0 radical (unpaired) electrons. The van der Waals surface area contributed by atoms with Gasteiger partial charge in [-0.1, -0.05) is 30.3 Å². The van der Waals surface area contributed by atoms with Crippen molar-refractivity contribution in [3.8, 4) is 0 Å². The molecular formula is C13H17N5O2S. The number of aromatic nitrogens is 3. The molecule has 0 fully saturated rings. The van der Waals surface area contributed by atoms with Gasteiger partial charge in [0.15, 0.2) is 0 Å². The smallest absolute Gasteiger partial charge is 0.257 e. The minimum atomic E-state index is -3.39. The second-order valence-electron chi connectivity index (χ2n) is 5.29. The summed E-state index contributed by atoms with van der Waals surface area (Å²) in [5.74, 6) is 0.670. The molecule has 1 aromatic carbocycles. The normalized spacial score (nSPS) is 21.4. The summed E-state index contributed by atoms with van der Waals surface area (Å²) in [5, 5.41) is 7.50. The number of anilines is 2. The Morgan fingerprint density at radius 3 is 2.71 bits per heavy atom. The molecule has 1 aliphatic heterocycles. The summed E-state index contributed by atoms with van der Waals surface area (Å²) >= 11 is 0. The predicted molar refractivity (Wildman–Crippen MR) is 80.8 cm³/mol. The Morgan fingerprint density at radius 2 is 2.05 bits per heavy atom. The third-order valence-corrected chi connectivity index (χ3v) is 3.89. The van der Waals surface area contributed by atoms with Gasteiger partial charge in [0.05, 0.1) is 12.3 Å². The van der Waals surface area contributed by atoms with E-state index in [0.717, 1.165) is 18.2 Å². The molecule has 0 bridgehead atoms. The van der Waals surface area contributed by atoms with Gasteiger partial charge in [-0.05, 0) is 18.9 Å². The van der Waals surface area contributed by atoms with E-state index < -0.39 is 10.0 Å². The molecular weight excluding hydrogens is 290 g/mol. The predicted octanol–water partition coefficient (Wildman–Crippen LogP) is 1.44. The molecule has 2 N–H and O–H groups in total. The van der Waals surface area contributed by atoms with Crippen LogP contribution < -0.4 is 10.0 Å². The lowest BCUT2D eigenvalue weighted by molar-refractivity contribution is 0.438. The van der Waals surface area contributed by atoms with E-state index >= 15 is 0 Å². The Morgan fingerprint density at radius 1 is 1.33 bits per heavy atom.